The van der Waals surface area contributed by atoms with Crippen LogP contribution in [0.3, 0.4) is 0 Å². The summed E-state index contributed by atoms with van der Waals surface area (Å²) in [6.07, 6.45) is 10.8. The molecule has 3 heteroatoms. The summed E-state index contributed by atoms with van der Waals surface area (Å²) < 4.78 is 0. The van der Waals surface area contributed by atoms with E-state index in [2.05, 4.69) is 32.6 Å². The highest BCUT2D eigenvalue weighted by atomic mass is 16.3. The standard InChI is InChI=1S/C28H45NO2/c1-16-9-10-27(3)23-12-19-18(20(23)13-25(30)24(27)11-16)6-7-22-21(19)15-29-14-17(2)5-8-26(29)28(22,4)31/h16-24,26,31H,5-15H2,1-4H3/t16?,17?,18-,19-,20+,21+,22-,23+,24-,26+,27-,28-/m1/s1. The first kappa shape index (κ1) is 21.1. The summed E-state index contributed by atoms with van der Waals surface area (Å²) in [5, 5.41) is 11.8. The fourth-order valence-electron chi connectivity index (χ4n) is 10.6. The molecule has 0 bridgehead atoms. The van der Waals surface area contributed by atoms with Crippen molar-refractivity contribution in [1.29, 1.82) is 0 Å². The van der Waals surface area contributed by atoms with Crippen molar-refractivity contribution in [2.75, 3.05) is 13.1 Å². The number of hydrogen-bond donors (Lipinski definition) is 1. The smallest absolute Gasteiger partial charge is 0.136 e. The van der Waals surface area contributed by atoms with Crippen molar-refractivity contribution in [3.63, 3.8) is 0 Å². The van der Waals surface area contributed by atoms with Gasteiger partial charge in [-0.05, 0) is 105 Å². The Kier molecular flexibility index (Phi) is 4.81. The van der Waals surface area contributed by atoms with Gasteiger partial charge in [-0.15, -0.1) is 0 Å². The van der Waals surface area contributed by atoms with Crippen molar-refractivity contribution in [2.45, 2.75) is 97.1 Å². The van der Waals surface area contributed by atoms with Crippen molar-refractivity contribution < 1.29 is 9.90 Å². The van der Waals surface area contributed by atoms with Crippen LogP contribution in [0.4, 0.5) is 0 Å². The minimum Gasteiger partial charge on any atom is -0.388 e. The number of carbonyl (C=O) groups excluding carboxylic acids is 1. The van der Waals surface area contributed by atoms with Crippen LogP contribution in [-0.2, 0) is 4.79 Å². The van der Waals surface area contributed by atoms with E-state index in [1.807, 2.05) is 0 Å². The zero-order valence-corrected chi connectivity index (χ0v) is 20.4. The van der Waals surface area contributed by atoms with E-state index in [0.717, 1.165) is 42.4 Å². The van der Waals surface area contributed by atoms with Gasteiger partial charge >= 0.3 is 0 Å². The molecule has 31 heavy (non-hydrogen) atoms. The van der Waals surface area contributed by atoms with Crippen molar-refractivity contribution in [2.24, 2.45) is 58.7 Å². The summed E-state index contributed by atoms with van der Waals surface area (Å²) >= 11 is 0. The average Bonchev–Trinajstić information content (AvgIpc) is 3.09. The highest BCUT2D eigenvalue weighted by molar-refractivity contribution is 5.83. The largest absolute Gasteiger partial charge is 0.388 e. The number of piperidine rings is 2. The van der Waals surface area contributed by atoms with E-state index in [-0.39, 0.29) is 5.41 Å². The van der Waals surface area contributed by atoms with E-state index in [4.69, 9.17) is 0 Å². The van der Waals surface area contributed by atoms with Gasteiger partial charge in [0.2, 0.25) is 0 Å². The monoisotopic (exact) mass is 427 g/mol. The lowest BCUT2D eigenvalue weighted by Gasteiger charge is -2.59. The number of Topliss-reactive ketones (excluding diaryl/α,β-unsaturated/α-hetero) is 1. The van der Waals surface area contributed by atoms with Crippen LogP contribution in [0.5, 0.6) is 0 Å². The van der Waals surface area contributed by atoms with E-state index >= 15 is 0 Å². The van der Waals surface area contributed by atoms with Gasteiger partial charge in [0, 0.05) is 31.5 Å². The Hall–Kier alpha value is -0.410. The molecule has 0 radical (unpaired) electrons. The second kappa shape index (κ2) is 7.05. The molecule has 0 aromatic carbocycles. The fraction of sp³-hybridized carbons (Fsp3) is 0.964. The lowest BCUT2D eigenvalue weighted by atomic mass is 9.51. The van der Waals surface area contributed by atoms with E-state index in [1.165, 1.54) is 58.0 Å². The van der Waals surface area contributed by atoms with Crippen LogP contribution < -0.4 is 0 Å². The van der Waals surface area contributed by atoms with Gasteiger partial charge in [-0.3, -0.25) is 9.69 Å². The van der Waals surface area contributed by atoms with Crippen molar-refractivity contribution in [3.8, 4) is 0 Å². The van der Waals surface area contributed by atoms with Crippen LogP contribution in [0, 0.1) is 58.7 Å². The number of fused-ring (bicyclic) bond motifs is 8. The third-order valence-electron chi connectivity index (χ3n) is 12.1. The van der Waals surface area contributed by atoms with Crippen LogP contribution in [-0.4, -0.2) is 40.5 Å². The molecule has 12 atom stereocenters. The summed E-state index contributed by atoms with van der Waals surface area (Å²) in [6.45, 7) is 11.8. The van der Waals surface area contributed by atoms with E-state index in [0.29, 0.717) is 35.5 Å². The Labute approximate surface area is 189 Å². The molecular formula is C28H45NO2. The van der Waals surface area contributed by atoms with Gasteiger partial charge in [-0.2, -0.15) is 0 Å². The van der Waals surface area contributed by atoms with Gasteiger partial charge in [0.05, 0.1) is 5.60 Å². The molecule has 0 aromatic rings. The first-order valence-electron chi connectivity index (χ1n) is 13.7. The molecule has 2 heterocycles. The Morgan fingerprint density at radius 3 is 2.45 bits per heavy atom. The van der Waals surface area contributed by atoms with Crippen molar-refractivity contribution in [3.05, 3.63) is 0 Å². The molecule has 2 unspecified atom stereocenters. The molecule has 4 aliphatic carbocycles. The average molecular weight is 428 g/mol. The SMILES string of the molecule is CC1CC[C@@]2(C)[C@H](C1)C(=O)C[C@H]1[C@@H]3CC[C@@H]4[C@@H](CN5CC(C)CC[C@H]5[C@]4(C)O)[C@@H]3C[C@@H]12. The van der Waals surface area contributed by atoms with Crippen LogP contribution >= 0.6 is 0 Å². The topological polar surface area (TPSA) is 40.5 Å². The van der Waals surface area contributed by atoms with Crippen LogP contribution in [0.25, 0.3) is 0 Å². The fourth-order valence-corrected chi connectivity index (χ4v) is 10.6. The summed E-state index contributed by atoms with van der Waals surface area (Å²) in [4.78, 5) is 16.1. The molecular weight excluding hydrogens is 382 g/mol. The Balaban J connectivity index is 1.31. The molecule has 1 N–H and O–H groups in total. The summed E-state index contributed by atoms with van der Waals surface area (Å²) in [5.74, 6) is 6.39. The number of carbonyl (C=O) groups is 1. The lowest BCUT2D eigenvalue weighted by Crippen LogP contribution is -2.67. The normalized spacial score (nSPS) is 59.2. The van der Waals surface area contributed by atoms with Gasteiger partial charge < -0.3 is 5.11 Å². The molecule has 6 rings (SSSR count). The zero-order chi connectivity index (χ0) is 21.7. The first-order valence-corrected chi connectivity index (χ1v) is 13.7. The van der Waals surface area contributed by atoms with E-state index in [9.17, 15) is 9.90 Å². The van der Waals surface area contributed by atoms with Crippen molar-refractivity contribution >= 4 is 5.78 Å². The molecule has 4 saturated carbocycles. The quantitative estimate of drug-likeness (QED) is 0.580. The molecule has 2 saturated heterocycles. The number of hydrogen-bond acceptors (Lipinski definition) is 3. The second-order valence-corrected chi connectivity index (χ2v) is 13.7. The lowest BCUT2D eigenvalue weighted by molar-refractivity contribution is -0.175. The molecule has 174 valence electrons. The van der Waals surface area contributed by atoms with Gasteiger partial charge in [0.25, 0.3) is 0 Å². The third kappa shape index (κ3) is 2.94. The predicted molar refractivity (Wildman–Crippen MR) is 123 cm³/mol. The number of nitrogens with zero attached hydrogens (tertiary/aromatic N) is 1. The molecule has 6 fully saturated rings. The third-order valence-corrected chi connectivity index (χ3v) is 12.1. The maximum atomic E-state index is 13.4. The summed E-state index contributed by atoms with van der Waals surface area (Å²) in [6, 6.07) is 0.369. The Morgan fingerprint density at radius 1 is 0.839 bits per heavy atom. The highest BCUT2D eigenvalue weighted by Gasteiger charge is 2.64. The van der Waals surface area contributed by atoms with Crippen LogP contribution in [0.15, 0.2) is 0 Å². The van der Waals surface area contributed by atoms with Crippen LogP contribution in [0.2, 0.25) is 0 Å². The van der Waals surface area contributed by atoms with E-state index < -0.39 is 5.60 Å². The molecule has 3 nitrogen and oxygen atoms in total. The van der Waals surface area contributed by atoms with E-state index in [1.54, 1.807) is 0 Å². The van der Waals surface area contributed by atoms with Gasteiger partial charge in [-0.1, -0.05) is 27.2 Å². The summed E-state index contributed by atoms with van der Waals surface area (Å²) in [5.41, 5.74) is -0.289. The number of rotatable bonds is 0. The number of aliphatic hydroxyl groups is 1. The minimum atomic E-state index is -0.537. The minimum absolute atomic E-state index is 0.249. The van der Waals surface area contributed by atoms with Crippen molar-refractivity contribution in [1.82, 2.24) is 4.90 Å². The van der Waals surface area contributed by atoms with Gasteiger partial charge in [0.15, 0.2) is 0 Å². The molecule has 0 amide bonds. The molecule has 0 spiro atoms. The second-order valence-electron chi connectivity index (χ2n) is 13.7. The number of ketones is 1. The maximum Gasteiger partial charge on any atom is 0.136 e. The molecule has 2 aliphatic heterocycles. The molecule has 6 aliphatic rings. The Morgan fingerprint density at radius 2 is 1.65 bits per heavy atom. The Bertz CT molecular complexity index is 747. The predicted octanol–water partition coefficient (Wildman–Crippen LogP) is 5.16. The van der Waals surface area contributed by atoms with Gasteiger partial charge in [0.1, 0.15) is 5.78 Å². The summed E-state index contributed by atoms with van der Waals surface area (Å²) in [7, 11) is 0. The van der Waals surface area contributed by atoms with Crippen LogP contribution in [0.1, 0.15) is 85.5 Å². The first-order chi connectivity index (χ1) is 14.7. The maximum absolute atomic E-state index is 13.4. The van der Waals surface area contributed by atoms with Gasteiger partial charge in [-0.25, -0.2) is 0 Å². The highest BCUT2D eigenvalue weighted by Crippen LogP contribution is 2.67. The molecule has 0 aromatic heterocycles. The zero-order valence-electron chi connectivity index (χ0n) is 20.4.